The predicted molar refractivity (Wildman–Crippen MR) is 91.5 cm³/mol. The standard InChI is InChI=1S/C18H15FN4O2/c1-2-8-23-15-7-6-11(10-14(15)20-18(23)24)16-21-17(25-22-16)12-4-3-5-13(19)9-12/h3-7,9-10H,2,8H2,1H3,(H,20,24). The van der Waals surface area contributed by atoms with Gasteiger partial charge < -0.3 is 9.51 Å². The second kappa shape index (κ2) is 6.01. The summed E-state index contributed by atoms with van der Waals surface area (Å²) in [5, 5.41) is 3.96. The van der Waals surface area contributed by atoms with Gasteiger partial charge in [-0.05, 0) is 42.8 Å². The lowest BCUT2D eigenvalue weighted by atomic mass is 10.2. The van der Waals surface area contributed by atoms with Gasteiger partial charge in [0.05, 0.1) is 11.0 Å². The number of hydrogen-bond acceptors (Lipinski definition) is 4. The third-order valence-electron chi connectivity index (χ3n) is 3.98. The molecule has 0 aliphatic rings. The minimum Gasteiger partial charge on any atom is -0.334 e. The Labute approximate surface area is 141 Å². The minimum absolute atomic E-state index is 0.137. The van der Waals surface area contributed by atoms with Crippen LogP contribution in [0.25, 0.3) is 33.9 Å². The van der Waals surface area contributed by atoms with Gasteiger partial charge in [-0.3, -0.25) is 4.57 Å². The van der Waals surface area contributed by atoms with Crippen molar-refractivity contribution in [1.29, 1.82) is 0 Å². The van der Waals surface area contributed by atoms with E-state index in [1.807, 2.05) is 25.1 Å². The molecule has 2 heterocycles. The number of nitrogens with one attached hydrogen (secondary N) is 1. The number of hydrogen-bond donors (Lipinski definition) is 1. The van der Waals surface area contributed by atoms with Crippen molar-refractivity contribution in [2.75, 3.05) is 0 Å². The second-order valence-electron chi connectivity index (χ2n) is 5.75. The molecule has 2 aromatic heterocycles. The summed E-state index contributed by atoms with van der Waals surface area (Å²) in [5.41, 5.74) is 2.64. The van der Waals surface area contributed by atoms with E-state index in [0.29, 0.717) is 29.0 Å². The molecule has 7 heteroatoms. The highest BCUT2D eigenvalue weighted by atomic mass is 19.1. The van der Waals surface area contributed by atoms with Gasteiger partial charge in [0.1, 0.15) is 5.82 Å². The van der Waals surface area contributed by atoms with Crippen molar-refractivity contribution in [1.82, 2.24) is 19.7 Å². The molecule has 0 unspecified atom stereocenters. The Hall–Kier alpha value is -3.22. The van der Waals surface area contributed by atoms with E-state index in [9.17, 15) is 9.18 Å². The Morgan fingerprint density at radius 1 is 1.20 bits per heavy atom. The lowest BCUT2D eigenvalue weighted by Crippen LogP contribution is -2.16. The zero-order chi connectivity index (χ0) is 17.4. The lowest BCUT2D eigenvalue weighted by Gasteiger charge is -2.00. The highest BCUT2D eigenvalue weighted by Gasteiger charge is 2.13. The molecule has 126 valence electrons. The van der Waals surface area contributed by atoms with Crippen LogP contribution in [0.2, 0.25) is 0 Å². The molecule has 25 heavy (non-hydrogen) atoms. The molecule has 0 radical (unpaired) electrons. The fourth-order valence-electron chi connectivity index (χ4n) is 2.83. The van der Waals surface area contributed by atoms with Crippen LogP contribution in [-0.2, 0) is 6.54 Å². The van der Waals surface area contributed by atoms with Gasteiger partial charge in [-0.2, -0.15) is 4.98 Å². The van der Waals surface area contributed by atoms with E-state index in [1.165, 1.54) is 12.1 Å². The summed E-state index contributed by atoms with van der Waals surface area (Å²) in [4.78, 5) is 19.2. The summed E-state index contributed by atoms with van der Waals surface area (Å²) in [5.74, 6) is 0.255. The SMILES string of the molecule is CCCn1c(=O)[nH]c2cc(-c3noc(-c4cccc(F)c4)n3)ccc21. The van der Waals surface area contributed by atoms with Crippen LogP contribution in [0, 0.1) is 5.82 Å². The Bertz CT molecular complexity index is 1110. The first-order chi connectivity index (χ1) is 12.2. The molecule has 1 N–H and O–H groups in total. The normalized spacial score (nSPS) is 11.3. The summed E-state index contributed by atoms with van der Waals surface area (Å²) < 4.78 is 20.3. The molecule has 0 bridgehead atoms. The summed E-state index contributed by atoms with van der Waals surface area (Å²) in [6, 6.07) is 11.5. The largest absolute Gasteiger partial charge is 0.334 e. The molecule has 0 spiro atoms. The fraction of sp³-hybridized carbons (Fsp3) is 0.167. The number of halogens is 1. The minimum atomic E-state index is -0.367. The van der Waals surface area contributed by atoms with Crippen LogP contribution < -0.4 is 5.69 Å². The van der Waals surface area contributed by atoms with Crippen LogP contribution in [0.1, 0.15) is 13.3 Å². The van der Waals surface area contributed by atoms with Crippen molar-refractivity contribution < 1.29 is 8.91 Å². The molecule has 0 aliphatic carbocycles. The first-order valence-electron chi connectivity index (χ1n) is 7.98. The first-order valence-corrected chi connectivity index (χ1v) is 7.98. The van der Waals surface area contributed by atoms with Crippen LogP contribution in [-0.4, -0.2) is 19.7 Å². The Balaban J connectivity index is 1.74. The Kier molecular flexibility index (Phi) is 3.68. The van der Waals surface area contributed by atoms with Gasteiger partial charge in [0.2, 0.25) is 5.82 Å². The van der Waals surface area contributed by atoms with E-state index in [4.69, 9.17) is 4.52 Å². The van der Waals surface area contributed by atoms with Crippen LogP contribution >= 0.6 is 0 Å². The third kappa shape index (κ3) is 2.73. The van der Waals surface area contributed by atoms with Gasteiger partial charge in [-0.15, -0.1) is 0 Å². The molecule has 0 aliphatic heterocycles. The summed E-state index contributed by atoms with van der Waals surface area (Å²) in [6.07, 6.45) is 0.871. The fourth-order valence-corrected chi connectivity index (χ4v) is 2.83. The summed E-state index contributed by atoms with van der Waals surface area (Å²) >= 11 is 0. The first kappa shape index (κ1) is 15.3. The average molecular weight is 338 g/mol. The highest BCUT2D eigenvalue weighted by Crippen LogP contribution is 2.24. The van der Waals surface area contributed by atoms with E-state index in [-0.39, 0.29) is 17.4 Å². The Morgan fingerprint density at radius 3 is 2.88 bits per heavy atom. The number of benzene rings is 2. The molecule has 2 aromatic carbocycles. The summed E-state index contributed by atoms with van der Waals surface area (Å²) in [6.45, 7) is 2.68. The van der Waals surface area contributed by atoms with Gasteiger partial charge in [0, 0.05) is 17.7 Å². The number of aromatic nitrogens is 4. The molecule has 0 saturated heterocycles. The second-order valence-corrected chi connectivity index (χ2v) is 5.75. The zero-order valence-corrected chi connectivity index (χ0v) is 13.5. The monoisotopic (exact) mass is 338 g/mol. The predicted octanol–water partition coefficient (Wildman–Crippen LogP) is 3.60. The quantitative estimate of drug-likeness (QED) is 0.617. The van der Waals surface area contributed by atoms with Crippen molar-refractivity contribution in [2.24, 2.45) is 0 Å². The molecule has 4 rings (SSSR count). The van der Waals surface area contributed by atoms with Crippen molar-refractivity contribution in [3.8, 4) is 22.8 Å². The molecule has 0 fully saturated rings. The number of imidazole rings is 1. The lowest BCUT2D eigenvalue weighted by molar-refractivity contribution is 0.432. The maximum atomic E-state index is 13.3. The van der Waals surface area contributed by atoms with Gasteiger partial charge in [0.25, 0.3) is 5.89 Å². The number of fused-ring (bicyclic) bond motifs is 1. The molecule has 0 atom stereocenters. The number of H-pyrrole nitrogens is 1. The Morgan fingerprint density at radius 2 is 2.08 bits per heavy atom. The van der Waals surface area contributed by atoms with Crippen molar-refractivity contribution in [2.45, 2.75) is 19.9 Å². The number of aryl methyl sites for hydroxylation is 1. The average Bonchev–Trinajstić information content (AvgIpc) is 3.20. The highest BCUT2D eigenvalue weighted by molar-refractivity contribution is 5.80. The number of rotatable bonds is 4. The van der Waals surface area contributed by atoms with Crippen LogP contribution in [0.4, 0.5) is 4.39 Å². The van der Waals surface area contributed by atoms with Gasteiger partial charge in [-0.1, -0.05) is 18.1 Å². The van der Waals surface area contributed by atoms with E-state index in [1.54, 1.807) is 16.7 Å². The molecule has 6 nitrogen and oxygen atoms in total. The van der Waals surface area contributed by atoms with Crippen LogP contribution in [0.3, 0.4) is 0 Å². The van der Waals surface area contributed by atoms with Crippen molar-refractivity contribution >= 4 is 11.0 Å². The van der Waals surface area contributed by atoms with Crippen molar-refractivity contribution in [3.63, 3.8) is 0 Å². The number of nitrogens with zero attached hydrogens (tertiary/aromatic N) is 3. The number of aromatic amines is 1. The van der Waals surface area contributed by atoms with Crippen LogP contribution in [0.5, 0.6) is 0 Å². The molecule has 0 amide bonds. The van der Waals surface area contributed by atoms with E-state index in [0.717, 1.165) is 11.9 Å². The molecular weight excluding hydrogens is 323 g/mol. The van der Waals surface area contributed by atoms with Gasteiger partial charge in [-0.25, -0.2) is 9.18 Å². The molecule has 0 saturated carbocycles. The molecule has 4 aromatic rings. The maximum Gasteiger partial charge on any atom is 0.326 e. The van der Waals surface area contributed by atoms with E-state index >= 15 is 0 Å². The van der Waals surface area contributed by atoms with Crippen LogP contribution in [0.15, 0.2) is 51.8 Å². The van der Waals surface area contributed by atoms with E-state index in [2.05, 4.69) is 15.1 Å². The summed E-state index contributed by atoms with van der Waals surface area (Å²) in [7, 11) is 0. The van der Waals surface area contributed by atoms with E-state index < -0.39 is 0 Å². The molecular formula is C18H15FN4O2. The maximum absolute atomic E-state index is 13.3. The zero-order valence-electron chi connectivity index (χ0n) is 13.5. The topological polar surface area (TPSA) is 76.7 Å². The van der Waals surface area contributed by atoms with Gasteiger partial charge in [0.15, 0.2) is 0 Å². The van der Waals surface area contributed by atoms with Gasteiger partial charge >= 0.3 is 5.69 Å². The smallest absolute Gasteiger partial charge is 0.326 e. The van der Waals surface area contributed by atoms with Crippen molar-refractivity contribution in [3.05, 3.63) is 58.8 Å². The third-order valence-corrected chi connectivity index (χ3v) is 3.98.